The number of nitrogens with zero attached hydrogens (tertiary/aromatic N) is 3. The molecule has 1 saturated heterocycles. The Labute approximate surface area is 207 Å². The quantitative estimate of drug-likeness (QED) is 0.547. The minimum absolute atomic E-state index is 0.226. The van der Waals surface area contributed by atoms with Gasteiger partial charge in [-0.2, -0.15) is 4.31 Å². The molecule has 1 aliphatic heterocycles. The first kappa shape index (κ1) is 24.9. The second kappa shape index (κ2) is 9.83. The highest BCUT2D eigenvalue weighted by atomic mass is 32.2. The Bertz CT molecular complexity index is 1360. The van der Waals surface area contributed by atoms with Crippen LogP contribution in [0.3, 0.4) is 0 Å². The van der Waals surface area contributed by atoms with E-state index >= 15 is 0 Å². The predicted octanol–water partition coefficient (Wildman–Crippen LogP) is 4.30. The van der Waals surface area contributed by atoms with E-state index in [9.17, 15) is 13.2 Å². The fourth-order valence-electron chi connectivity index (χ4n) is 4.51. The molecule has 0 aliphatic carbocycles. The van der Waals surface area contributed by atoms with E-state index in [-0.39, 0.29) is 16.7 Å². The number of carbonyl (C=O) groups is 1. The van der Waals surface area contributed by atoms with Crippen LogP contribution in [0.25, 0.3) is 11.1 Å². The van der Waals surface area contributed by atoms with Crippen LogP contribution in [0, 0.1) is 20.8 Å². The minimum atomic E-state index is -3.72. The summed E-state index contributed by atoms with van der Waals surface area (Å²) in [6, 6.07) is 11.6. The van der Waals surface area contributed by atoms with Crippen molar-refractivity contribution >= 4 is 27.5 Å². The minimum Gasteiger partial charge on any atom is -0.369 e. The van der Waals surface area contributed by atoms with Crippen molar-refractivity contribution < 1.29 is 17.7 Å². The van der Waals surface area contributed by atoms with Gasteiger partial charge >= 0.3 is 0 Å². The lowest BCUT2D eigenvalue weighted by Gasteiger charge is -2.36. The SMILES string of the molecule is CCc1noc(NC(C)=O)c1-c1ccc(C)c(S(=O)(=O)N2CCN(c3cc(C)ccc3C)CC2)c1. The summed E-state index contributed by atoms with van der Waals surface area (Å²) in [5.74, 6) is -0.0598. The zero-order chi connectivity index (χ0) is 25.3. The lowest BCUT2D eigenvalue weighted by atomic mass is 10.0. The van der Waals surface area contributed by atoms with Crippen molar-refractivity contribution in [3.63, 3.8) is 0 Å². The van der Waals surface area contributed by atoms with Gasteiger partial charge in [0, 0.05) is 38.8 Å². The average Bonchev–Trinajstić information content (AvgIpc) is 3.22. The summed E-state index contributed by atoms with van der Waals surface area (Å²) in [7, 11) is -3.72. The summed E-state index contributed by atoms with van der Waals surface area (Å²) >= 11 is 0. The smallest absolute Gasteiger partial charge is 0.243 e. The number of rotatable bonds is 6. The number of aromatic nitrogens is 1. The van der Waals surface area contributed by atoms with Crippen molar-refractivity contribution in [2.75, 3.05) is 36.4 Å². The Kier molecular flexibility index (Phi) is 7.00. The first-order chi connectivity index (χ1) is 16.6. The lowest BCUT2D eigenvalue weighted by Crippen LogP contribution is -2.49. The topological polar surface area (TPSA) is 95.8 Å². The normalized spacial score (nSPS) is 14.8. The van der Waals surface area contributed by atoms with Crippen LogP contribution in [-0.4, -0.2) is 50.0 Å². The van der Waals surface area contributed by atoms with E-state index in [1.807, 2.05) is 13.0 Å². The summed E-state index contributed by atoms with van der Waals surface area (Å²) in [5, 5.41) is 6.72. The largest absolute Gasteiger partial charge is 0.369 e. The number of carbonyl (C=O) groups excluding carboxylic acids is 1. The second-order valence-corrected chi connectivity index (χ2v) is 10.9. The molecule has 0 spiro atoms. The fourth-order valence-corrected chi connectivity index (χ4v) is 6.18. The van der Waals surface area contributed by atoms with Crippen LogP contribution >= 0.6 is 0 Å². The van der Waals surface area contributed by atoms with Gasteiger partial charge in [0.2, 0.25) is 21.8 Å². The maximum atomic E-state index is 13.7. The van der Waals surface area contributed by atoms with E-state index < -0.39 is 10.0 Å². The zero-order valence-electron chi connectivity index (χ0n) is 20.9. The lowest BCUT2D eigenvalue weighted by molar-refractivity contribution is -0.114. The third-order valence-corrected chi connectivity index (χ3v) is 8.47. The summed E-state index contributed by atoms with van der Waals surface area (Å²) < 4.78 is 34.3. The molecule has 1 aromatic heterocycles. The highest BCUT2D eigenvalue weighted by molar-refractivity contribution is 7.89. The number of amides is 1. The Balaban J connectivity index is 1.63. The molecule has 2 aromatic carbocycles. The third-order valence-electron chi connectivity index (χ3n) is 6.43. The van der Waals surface area contributed by atoms with Crippen LogP contribution in [0.4, 0.5) is 11.6 Å². The Morgan fingerprint density at radius 3 is 2.37 bits per heavy atom. The average molecular weight is 497 g/mol. The van der Waals surface area contributed by atoms with Crippen LogP contribution in [0.5, 0.6) is 0 Å². The maximum Gasteiger partial charge on any atom is 0.243 e. The molecule has 0 radical (unpaired) electrons. The fraction of sp³-hybridized carbons (Fsp3) is 0.385. The van der Waals surface area contributed by atoms with Crippen LogP contribution in [0.1, 0.15) is 36.2 Å². The highest BCUT2D eigenvalue weighted by Gasteiger charge is 2.31. The monoisotopic (exact) mass is 496 g/mol. The highest BCUT2D eigenvalue weighted by Crippen LogP contribution is 2.35. The van der Waals surface area contributed by atoms with Crippen molar-refractivity contribution in [3.8, 4) is 11.1 Å². The molecular weight excluding hydrogens is 464 g/mol. The molecule has 3 aromatic rings. The van der Waals surface area contributed by atoms with Gasteiger partial charge in [0.25, 0.3) is 0 Å². The van der Waals surface area contributed by atoms with Crippen LogP contribution in [-0.2, 0) is 21.2 Å². The van der Waals surface area contributed by atoms with E-state index in [0.717, 1.165) is 5.69 Å². The van der Waals surface area contributed by atoms with Crippen molar-refractivity contribution in [2.45, 2.75) is 45.9 Å². The molecule has 2 heterocycles. The standard InChI is InChI=1S/C26H32N4O4S/c1-6-22-25(26(34-28-22)27-20(5)31)21-10-9-19(4)24(16-21)35(32,33)30-13-11-29(12-14-30)23-15-17(2)7-8-18(23)3/h7-10,15-16H,6,11-14H2,1-5H3,(H,27,31). The Morgan fingerprint density at radius 1 is 1.03 bits per heavy atom. The number of sulfonamides is 1. The Morgan fingerprint density at radius 2 is 1.71 bits per heavy atom. The molecule has 1 N–H and O–H groups in total. The molecule has 9 heteroatoms. The van der Waals surface area contributed by atoms with E-state index in [1.165, 1.54) is 18.1 Å². The van der Waals surface area contributed by atoms with Crippen molar-refractivity contribution in [1.29, 1.82) is 0 Å². The number of benzene rings is 2. The van der Waals surface area contributed by atoms with Gasteiger partial charge < -0.3 is 9.42 Å². The molecule has 4 rings (SSSR count). The van der Waals surface area contributed by atoms with Gasteiger partial charge in [-0.25, -0.2) is 8.42 Å². The zero-order valence-corrected chi connectivity index (χ0v) is 21.7. The first-order valence-corrected chi connectivity index (χ1v) is 13.2. The van der Waals surface area contributed by atoms with Crippen LogP contribution in [0.2, 0.25) is 0 Å². The van der Waals surface area contributed by atoms with Gasteiger partial charge in [0.05, 0.1) is 16.2 Å². The number of piperazine rings is 1. The molecule has 1 aliphatic rings. The summed E-state index contributed by atoms with van der Waals surface area (Å²) in [4.78, 5) is 14.2. The van der Waals surface area contributed by atoms with Crippen molar-refractivity contribution in [2.24, 2.45) is 0 Å². The van der Waals surface area contributed by atoms with Gasteiger partial charge in [-0.3, -0.25) is 10.1 Å². The van der Waals surface area contributed by atoms with E-state index in [4.69, 9.17) is 4.52 Å². The summed E-state index contributed by atoms with van der Waals surface area (Å²) in [5.41, 5.74) is 6.11. The van der Waals surface area contributed by atoms with E-state index in [2.05, 4.69) is 47.4 Å². The van der Waals surface area contributed by atoms with Gasteiger partial charge in [0.15, 0.2) is 0 Å². The van der Waals surface area contributed by atoms with Gasteiger partial charge in [0.1, 0.15) is 0 Å². The predicted molar refractivity (Wildman–Crippen MR) is 137 cm³/mol. The molecule has 0 saturated carbocycles. The first-order valence-electron chi connectivity index (χ1n) is 11.8. The molecule has 8 nitrogen and oxygen atoms in total. The maximum absolute atomic E-state index is 13.7. The number of anilines is 2. The number of nitrogens with one attached hydrogen (secondary N) is 1. The van der Waals surface area contributed by atoms with Gasteiger partial charge in [-0.05, 0) is 61.6 Å². The number of hydrogen-bond acceptors (Lipinski definition) is 6. The molecule has 35 heavy (non-hydrogen) atoms. The molecule has 1 amide bonds. The molecule has 186 valence electrons. The number of aryl methyl sites for hydroxylation is 4. The molecule has 0 atom stereocenters. The molecule has 0 unspecified atom stereocenters. The van der Waals surface area contributed by atoms with Crippen LogP contribution in [0.15, 0.2) is 45.8 Å². The Hall–Kier alpha value is -3.17. The molecule has 1 fully saturated rings. The number of hydrogen-bond donors (Lipinski definition) is 1. The molecule has 0 bridgehead atoms. The summed E-state index contributed by atoms with van der Waals surface area (Å²) in [6.07, 6.45) is 0.578. The van der Waals surface area contributed by atoms with Crippen molar-refractivity contribution in [1.82, 2.24) is 9.46 Å². The summed E-state index contributed by atoms with van der Waals surface area (Å²) in [6.45, 7) is 11.3. The van der Waals surface area contributed by atoms with Crippen LogP contribution < -0.4 is 10.2 Å². The third kappa shape index (κ3) is 4.97. The van der Waals surface area contributed by atoms with E-state index in [1.54, 1.807) is 23.4 Å². The van der Waals surface area contributed by atoms with Crippen molar-refractivity contribution in [3.05, 3.63) is 58.8 Å². The molecular formula is C26H32N4O4S. The van der Waals surface area contributed by atoms with E-state index in [0.29, 0.717) is 55.0 Å². The van der Waals surface area contributed by atoms with Gasteiger partial charge in [-0.1, -0.05) is 36.3 Å². The second-order valence-electron chi connectivity index (χ2n) is 9.03. The van der Waals surface area contributed by atoms with Gasteiger partial charge in [-0.15, -0.1) is 0 Å².